The van der Waals surface area contributed by atoms with E-state index in [-0.39, 0.29) is 6.10 Å². The molecule has 1 aliphatic rings. The van der Waals surface area contributed by atoms with Gasteiger partial charge in [-0.3, -0.25) is 0 Å². The number of hydrogen-bond donors (Lipinski definition) is 3. The lowest BCUT2D eigenvalue weighted by molar-refractivity contribution is 0.120. The molecule has 0 saturated carbocycles. The summed E-state index contributed by atoms with van der Waals surface area (Å²) in [5.41, 5.74) is 6.84. The van der Waals surface area contributed by atoms with Crippen molar-refractivity contribution in [3.05, 3.63) is 6.33 Å². The van der Waals surface area contributed by atoms with Gasteiger partial charge in [0.25, 0.3) is 0 Å². The van der Waals surface area contributed by atoms with Gasteiger partial charge in [0, 0.05) is 19.7 Å². The summed E-state index contributed by atoms with van der Waals surface area (Å²) in [4.78, 5) is 8.58. The van der Waals surface area contributed by atoms with E-state index in [2.05, 4.69) is 27.5 Å². The van der Waals surface area contributed by atoms with E-state index in [1.54, 1.807) is 6.33 Å². The third kappa shape index (κ3) is 11.6. The van der Waals surface area contributed by atoms with Crippen LogP contribution in [0, 0.1) is 0 Å². The van der Waals surface area contributed by atoms with Crippen LogP contribution >= 0.6 is 0 Å². The van der Waals surface area contributed by atoms with Gasteiger partial charge in [-0.25, -0.2) is 9.97 Å². The maximum absolute atomic E-state index is 6.24. The standard InChI is InChI=1S/C25H47N5O/c1-2-3-4-5-6-7-8-9-10-11-12-13-14-15-18-27-24-23(26)25(30-21-29-24)28-20-22-17-16-19-31-22/h21-22H,2-20,26H2,1H3,(H2,27,28,29,30). The Kier molecular flexibility index (Phi) is 14.1. The summed E-state index contributed by atoms with van der Waals surface area (Å²) in [6.45, 7) is 4.80. The molecule has 0 aromatic carbocycles. The van der Waals surface area contributed by atoms with Gasteiger partial charge < -0.3 is 21.1 Å². The number of nitrogens with two attached hydrogens (primary N) is 1. The summed E-state index contributed by atoms with van der Waals surface area (Å²) in [6, 6.07) is 0. The first-order chi connectivity index (χ1) is 15.3. The van der Waals surface area contributed by atoms with Gasteiger partial charge >= 0.3 is 0 Å². The summed E-state index contributed by atoms with van der Waals surface area (Å²) in [5, 5.41) is 6.69. The van der Waals surface area contributed by atoms with Gasteiger partial charge in [-0.1, -0.05) is 90.4 Å². The van der Waals surface area contributed by atoms with Crippen LogP contribution in [0.5, 0.6) is 0 Å². The minimum atomic E-state index is 0.265. The van der Waals surface area contributed by atoms with Crippen LogP contribution in [-0.2, 0) is 4.74 Å². The van der Waals surface area contributed by atoms with Crippen molar-refractivity contribution in [1.29, 1.82) is 0 Å². The van der Waals surface area contributed by atoms with Crippen LogP contribution < -0.4 is 16.4 Å². The Morgan fingerprint density at radius 3 is 1.94 bits per heavy atom. The molecule has 1 aliphatic heterocycles. The molecule has 1 atom stereocenters. The summed E-state index contributed by atoms with van der Waals surface area (Å²) in [6.07, 6.45) is 23.3. The molecule has 178 valence electrons. The first-order valence-corrected chi connectivity index (χ1v) is 13.0. The smallest absolute Gasteiger partial charge is 0.154 e. The maximum atomic E-state index is 6.24. The number of ether oxygens (including phenoxy) is 1. The first kappa shape index (κ1) is 25.7. The third-order valence-electron chi connectivity index (χ3n) is 6.23. The van der Waals surface area contributed by atoms with Crippen LogP contribution in [0.4, 0.5) is 17.3 Å². The molecule has 2 rings (SSSR count). The number of rotatable bonds is 19. The zero-order chi connectivity index (χ0) is 22.0. The number of nitrogens with one attached hydrogen (secondary N) is 2. The van der Waals surface area contributed by atoms with E-state index < -0.39 is 0 Å². The molecule has 31 heavy (non-hydrogen) atoms. The van der Waals surface area contributed by atoms with Gasteiger partial charge in [0.05, 0.1) is 6.10 Å². The van der Waals surface area contributed by atoms with E-state index in [1.165, 1.54) is 83.5 Å². The Bertz CT molecular complexity index is 563. The van der Waals surface area contributed by atoms with Gasteiger partial charge in [-0.05, 0) is 19.3 Å². The molecule has 6 nitrogen and oxygen atoms in total. The minimum absolute atomic E-state index is 0.265. The van der Waals surface area contributed by atoms with Gasteiger partial charge in [0.2, 0.25) is 0 Å². The monoisotopic (exact) mass is 433 g/mol. The molecule has 1 unspecified atom stereocenters. The Morgan fingerprint density at radius 2 is 1.39 bits per heavy atom. The molecule has 1 aromatic heterocycles. The van der Waals surface area contributed by atoms with Crippen LogP contribution in [0.25, 0.3) is 0 Å². The molecule has 4 N–H and O–H groups in total. The Balaban J connectivity index is 1.43. The normalized spacial score (nSPS) is 16.0. The van der Waals surface area contributed by atoms with Crippen molar-refractivity contribution in [3.63, 3.8) is 0 Å². The van der Waals surface area contributed by atoms with Crippen molar-refractivity contribution >= 4 is 17.3 Å². The lowest BCUT2D eigenvalue weighted by Gasteiger charge is -2.14. The SMILES string of the molecule is CCCCCCCCCCCCCCCCNc1ncnc(NCC2CCCO2)c1N. The molecule has 0 spiro atoms. The highest BCUT2D eigenvalue weighted by molar-refractivity contribution is 5.73. The van der Waals surface area contributed by atoms with Crippen molar-refractivity contribution in [3.8, 4) is 0 Å². The quantitative estimate of drug-likeness (QED) is 0.215. The van der Waals surface area contributed by atoms with Crippen molar-refractivity contribution in [2.45, 2.75) is 116 Å². The van der Waals surface area contributed by atoms with Crippen molar-refractivity contribution in [2.75, 3.05) is 36.1 Å². The fraction of sp³-hybridized carbons (Fsp3) is 0.840. The molecule has 0 aliphatic carbocycles. The predicted molar refractivity (Wildman–Crippen MR) is 133 cm³/mol. The zero-order valence-electron chi connectivity index (χ0n) is 20.0. The molecule has 1 fully saturated rings. The fourth-order valence-corrected chi connectivity index (χ4v) is 4.22. The summed E-state index contributed by atoms with van der Waals surface area (Å²) in [7, 11) is 0. The number of unbranched alkanes of at least 4 members (excludes halogenated alkanes) is 13. The van der Waals surface area contributed by atoms with Crippen LogP contribution in [0.1, 0.15) is 110 Å². The van der Waals surface area contributed by atoms with Crippen LogP contribution in [0.15, 0.2) is 6.33 Å². The maximum Gasteiger partial charge on any atom is 0.154 e. The second kappa shape index (κ2) is 17.0. The number of anilines is 3. The zero-order valence-corrected chi connectivity index (χ0v) is 20.0. The molecule has 1 saturated heterocycles. The Hall–Kier alpha value is -1.56. The third-order valence-corrected chi connectivity index (χ3v) is 6.23. The van der Waals surface area contributed by atoms with Gasteiger partial charge in [-0.15, -0.1) is 0 Å². The van der Waals surface area contributed by atoms with Crippen molar-refractivity contribution in [2.24, 2.45) is 0 Å². The van der Waals surface area contributed by atoms with Crippen molar-refractivity contribution in [1.82, 2.24) is 9.97 Å². The second-order valence-corrected chi connectivity index (χ2v) is 9.02. The van der Waals surface area contributed by atoms with E-state index in [4.69, 9.17) is 10.5 Å². The highest BCUT2D eigenvalue weighted by atomic mass is 16.5. The lowest BCUT2D eigenvalue weighted by Crippen LogP contribution is -2.20. The van der Waals surface area contributed by atoms with E-state index in [0.717, 1.165) is 44.8 Å². The molecular formula is C25H47N5O. The number of aromatic nitrogens is 2. The summed E-state index contributed by atoms with van der Waals surface area (Å²) in [5.74, 6) is 1.44. The van der Waals surface area contributed by atoms with Gasteiger partial charge in [0.15, 0.2) is 11.6 Å². The number of hydrogen-bond acceptors (Lipinski definition) is 6. The van der Waals surface area contributed by atoms with E-state index in [9.17, 15) is 0 Å². The van der Waals surface area contributed by atoms with E-state index in [0.29, 0.717) is 11.5 Å². The van der Waals surface area contributed by atoms with Crippen LogP contribution in [0.2, 0.25) is 0 Å². The minimum Gasteiger partial charge on any atom is -0.393 e. The molecule has 0 radical (unpaired) electrons. The van der Waals surface area contributed by atoms with Gasteiger partial charge in [-0.2, -0.15) is 0 Å². The largest absolute Gasteiger partial charge is 0.393 e. The summed E-state index contributed by atoms with van der Waals surface area (Å²) >= 11 is 0. The molecule has 6 heteroatoms. The van der Waals surface area contributed by atoms with Crippen molar-refractivity contribution < 1.29 is 4.74 Å². The average Bonchev–Trinajstić information content (AvgIpc) is 3.30. The summed E-state index contributed by atoms with van der Waals surface area (Å²) < 4.78 is 5.64. The lowest BCUT2D eigenvalue weighted by atomic mass is 10.0. The van der Waals surface area contributed by atoms with Crippen LogP contribution in [0.3, 0.4) is 0 Å². The topological polar surface area (TPSA) is 85.1 Å². The number of nitrogen functional groups attached to an aromatic ring is 1. The fourth-order valence-electron chi connectivity index (χ4n) is 4.22. The van der Waals surface area contributed by atoms with E-state index in [1.807, 2.05) is 0 Å². The molecule has 0 amide bonds. The predicted octanol–water partition coefficient (Wildman–Crippen LogP) is 6.54. The van der Waals surface area contributed by atoms with Gasteiger partial charge in [0.1, 0.15) is 12.0 Å². The van der Waals surface area contributed by atoms with E-state index >= 15 is 0 Å². The average molecular weight is 434 g/mol. The molecule has 2 heterocycles. The first-order valence-electron chi connectivity index (χ1n) is 13.0. The Labute approximate surface area is 190 Å². The number of nitrogens with zero attached hydrogens (tertiary/aromatic N) is 2. The van der Waals surface area contributed by atoms with Crippen LogP contribution in [-0.4, -0.2) is 35.8 Å². The molecular weight excluding hydrogens is 386 g/mol. The second-order valence-electron chi connectivity index (χ2n) is 9.02. The highest BCUT2D eigenvalue weighted by Gasteiger charge is 2.16. The highest BCUT2D eigenvalue weighted by Crippen LogP contribution is 2.23. The Morgan fingerprint density at radius 1 is 0.839 bits per heavy atom. The molecule has 0 bridgehead atoms. The molecule has 1 aromatic rings.